The number of rotatable bonds is 11. The van der Waals surface area contributed by atoms with Gasteiger partial charge < -0.3 is 4.74 Å². The SMILES string of the molecule is CCCCCCCCCC/C=C/OC(=O)CS.[CH3][SnH]([CH3])[CH3]. The molecule has 0 aliphatic rings. The summed E-state index contributed by atoms with van der Waals surface area (Å²) >= 11 is 3.18. The maximum atomic E-state index is 10.7. The predicted octanol–water partition coefficient (Wildman–Crippen LogP) is 5.61. The summed E-state index contributed by atoms with van der Waals surface area (Å²) in [5, 5.41) is 0. The van der Waals surface area contributed by atoms with E-state index in [2.05, 4.69) is 34.4 Å². The van der Waals surface area contributed by atoms with Crippen LogP contribution in [-0.2, 0) is 9.53 Å². The average Bonchev–Trinajstić information content (AvgIpc) is 2.43. The minimum atomic E-state index is -0.637. The number of esters is 1. The summed E-state index contributed by atoms with van der Waals surface area (Å²) < 4.78 is 4.77. The van der Waals surface area contributed by atoms with E-state index in [1.165, 1.54) is 57.6 Å². The molecule has 0 unspecified atom stereocenters. The Morgan fingerprint density at radius 3 is 1.95 bits per heavy atom. The second-order valence-corrected chi connectivity index (χ2v) is 16.2. The van der Waals surface area contributed by atoms with Gasteiger partial charge in [-0.1, -0.05) is 51.9 Å². The van der Waals surface area contributed by atoms with Gasteiger partial charge >= 0.3 is 40.5 Å². The molecule has 0 aliphatic heterocycles. The van der Waals surface area contributed by atoms with Crippen LogP contribution in [-0.4, -0.2) is 31.5 Å². The molecule has 0 aliphatic carbocycles. The molecule has 0 aromatic carbocycles. The molecule has 0 atom stereocenters. The van der Waals surface area contributed by atoms with Crippen LogP contribution >= 0.6 is 12.6 Å². The topological polar surface area (TPSA) is 26.3 Å². The van der Waals surface area contributed by atoms with E-state index < -0.39 is 19.8 Å². The first-order chi connectivity index (χ1) is 10.0. The van der Waals surface area contributed by atoms with Crippen LogP contribution in [0.2, 0.25) is 14.8 Å². The van der Waals surface area contributed by atoms with Gasteiger partial charge in [0.15, 0.2) is 0 Å². The first-order valence-corrected chi connectivity index (χ1v) is 19.0. The molecule has 0 amide bonds. The van der Waals surface area contributed by atoms with Crippen LogP contribution in [0.1, 0.15) is 64.7 Å². The zero-order valence-corrected chi connectivity index (χ0v) is 18.8. The van der Waals surface area contributed by atoms with E-state index in [0.29, 0.717) is 0 Å². The number of carbonyl (C=O) groups excluding carboxylic acids is 1. The number of carbonyl (C=O) groups is 1. The van der Waals surface area contributed by atoms with E-state index >= 15 is 0 Å². The first kappa shape index (κ1) is 23.6. The number of thiol groups is 1. The Morgan fingerprint density at radius 2 is 1.48 bits per heavy atom. The van der Waals surface area contributed by atoms with Gasteiger partial charge in [0.1, 0.15) is 0 Å². The summed E-state index contributed by atoms with van der Waals surface area (Å²) in [6.45, 7) is 2.24. The van der Waals surface area contributed by atoms with Crippen molar-refractivity contribution < 1.29 is 9.53 Å². The van der Waals surface area contributed by atoms with Gasteiger partial charge in [-0.15, -0.1) is 0 Å². The van der Waals surface area contributed by atoms with Gasteiger partial charge in [0, 0.05) is 0 Å². The first-order valence-electron chi connectivity index (χ1n) is 8.49. The summed E-state index contributed by atoms with van der Waals surface area (Å²) in [4.78, 5) is 17.9. The van der Waals surface area contributed by atoms with Crippen LogP contribution in [0.15, 0.2) is 12.3 Å². The zero-order valence-electron chi connectivity index (χ0n) is 14.6. The molecular formula is C17H36O2SSn. The standard InChI is InChI=1S/C14H26O2S.3CH3.Sn.H/c1-2-3-4-5-6-7-8-9-10-11-12-16-14(15)13-17;;;;;/h11-12,17H,2-10,13H2,1H3;3*1H3;;/b12-11+;;;;;. The van der Waals surface area contributed by atoms with Crippen molar-refractivity contribution in [1.82, 2.24) is 0 Å². The van der Waals surface area contributed by atoms with Crippen molar-refractivity contribution in [2.45, 2.75) is 79.5 Å². The van der Waals surface area contributed by atoms with Crippen molar-refractivity contribution in [3.63, 3.8) is 0 Å². The third kappa shape index (κ3) is 29.1. The molecule has 0 fully saturated rings. The van der Waals surface area contributed by atoms with Crippen LogP contribution in [0.5, 0.6) is 0 Å². The van der Waals surface area contributed by atoms with Crippen LogP contribution < -0.4 is 0 Å². The van der Waals surface area contributed by atoms with Crippen molar-refractivity contribution >= 4 is 38.4 Å². The Hall–Kier alpha value is 0.359. The number of ether oxygens (including phenoxy) is 1. The zero-order chi connectivity index (χ0) is 16.3. The molecule has 0 saturated heterocycles. The van der Waals surface area contributed by atoms with Gasteiger partial charge in [-0.3, -0.25) is 4.79 Å². The summed E-state index contributed by atoms with van der Waals surface area (Å²) in [7, 11) is 0. The molecule has 0 bridgehead atoms. The Morgan fingerprint density at radius 1 is 1.00 bits per heavy atom. The van der Waals surface area contributed by atoms with Gasteiger partial charge in [-0.25, -0.2) is 0 Å². The van der Waals surface area contributed by atoms with Gasteiger partial charge in [0.25, 0.3) is 0 Å². The number of allylic oxidation sites excluding steroid dienone is 1. The molecule has 126 valence electrons. The molecule has 0 saturated carbocycles. The van der Waals surface area contributed by atoms with Crippen LogP contribution in [0, 0.1) is 0 Å². The van der Waals surface area contributed by atoms with E-state index in [1.807, 2.05) is 6.08 Å². The van der Waals surface area contributed by atoms with Gasteiger partial charge in [0.05, 0.1) is 12.0 Å². The van der Waals surface area contributed by atoms with E-state index in [4.69, 9.17) is 4.74 Å². The number of unbranched alkanes of at least 4 members (excludes halogenated alkanes) is 8. The van der Waals surface area contributed by atoms with Crippen LogP contribution in [0.4, 0.5) is 0 Å². The van der Waals surface area contributed by atoms with Crippen molar-refractivity contribution in [1.29, 1.82) is 0 Å². The molecule has 0 rings (SSSR count). The fourth-order valence-electron chi connectivity index (χ4n) is 1.63. The molecule has 0 radical (unpaired) electrons. The van der Waals surface area contributed by atoms with E-state index in [9.17, 15) is 4.79 Å². The molecule has 0 spiro atoms. The van der Waals surface area contributed by atoms with Crippen molar-refractivity contribution in [2.75, 3.05) is 5.75 Å². The van der Waals surface area contributed by atoms with Gasteiger partial charge in [-0.2, -0.15) is 12.6 Å². The van der Waals surface area contributed by atoms with Crippen LogP contribution in [0.25, 0.3) is 0 Å². The van der Waals surface area contributed by atoms with Gasteiger partial charge in [-0.05, 0) is 18.9 Å². The predicted molar refractivity (Wildman–Crippen MR) is 101 cm³/mol. The normalized spacial score (nSPS) is 10.6. The molecule has 0 N–H and O–H groups in total. The summed E-state index contributed by atoms with van der Waals surface area (Å²) in [6, 6.07) is 0. The third-order valence-electron chi connectivity index (χ3n) is 2.65. The number of hydrogen-bond acceptors (Lipinski definition) is 3. The Bertz CT molecular complexity index is 240. The van der Waals surface area contributed by atoms with Crippen molar-refractivity contribution in [2.24, 2.45) is 0 Å². The maximum absolute atomic E-state index is 10.7. The number of hydrogen-bond donors (Lipinski definition) is 1. The molecule has 21 heavy (non-hydrogen) atoms. The van der Waals surface area contributed by atoms with E-state index in [0.717, 1.165) is 6.42 Å². The molecule has 0 heterocycles. The fraction of sp³-hybridized carbons (Fsp3) is 0.824. The Balaban J connectivity index is 0. The summed E-state index contributed by atoms with van der Waals surface area (Å²) in [5.41, 5.74) is 0. The van der Waals surface area contributed by atoms with E-state index in [1.54, 1.807) is 0 Å². The Labute approximate surface area is 145 Å². The Kier molecular flexibility index (Phi) is 22.9. The van der Waals surface area contributed by atoms with Crippen molar-refractivity contribution in [3.05, 3.63) is 12.3 Å². The second kappa shape index (κ2) is 20.4. The third-order valence-corrected chi connectivity index (χ3v) is 2.91. The minimum absolute atomic E-state index is 0.141. The quantitative estimate of drug-likeness (QED) is 0.154. The molecule has 2 nitrogen and oxygen atoms in total. The van der Waals surface area contributed by atoms with Crippen LogP contribution in [0.3, 0.4) is 0 Å². The summed E-state index contributed by atoms with van der Waals surface area (Å²) in [5.74, 6) is -0.150. The van der Waals surface area contributed by atoms with Gasteiger partial charge in [0.2, 0.25) is 0 Å². The van der Waals surface area contributed by atoms with Crippen molar-refractivity contribution in [3.8, 4) is 0 Å². The molecular weight excluding hydrogens is 387 g/mol. The van der Waals surface area contributed by atoms with E-state index in [-0.39, 0.29) is 11.7 Å². The molecule has 0 aromatic heterocycles. The average molecular weight is 423 g/mol. The fourth-order valence-corrected chi connectivity index (χ4v) is 1.70. The monoisotopic (exact) mass is 424 g/mol. The molecule has 4 heteroatoms. The summed E-state index contributed by atoms with van der Waals surface area (Å²) in [6.07, 6.45) is 15.0. The molecule has 0 aromatic rings. The second-order valence-electron chi connectivity index (χ2n) is 6.02.